The molecule has 1 heterocycles. The first-order chi connectivity index (χ1) is 5.29. The summed E-state index contributed by atoms with van der Waals surface area (Å²) in [7, 11) is 0. The zero-order valence-electron chi connectivity index (χ0n) is 6.88. The molecule has 0 spiro atoms. The van der Waals surface area contributed by atoms with Gasteiger partial charge in [-0.15, -0.1) is 0 Å². The molecule has 0 N–H and O–H groups in total. The van der Waals surface area contributed by atoms with Crippen molar-refractivity contribution in [2.45, 2.75) is 38.7 Å². The minimum atomic E-state index is 0.0295. The highest BCUT2D eigenvalue weighted by molar-refractivity contribution is 5.74. The molecule has 2 aliphatic rings. The summed E-state index contributed by atoms with van der Waals surface area (Å²) in [5, 5.41) is 0. The minimum Gasteiger partial charge on any atom is -0.462 e. The zero-order chi connectivity index (χ0) is 7.84. The number of carbonyl (C=O) groups excluding carboxylic acids is 1. The van der Waals surface area contributed by atoms with Gasteiger partial charge in [-0.25, -0.2) is 0 Å². The summed E-state index contributed by atoms with van der Waals surface area (Å²) >= 11 is 0. The lowest BCUT2D eigenvalue weighted by molar-refractivity contribution is -0.144. The summed E-state index contributed by atoms with van der Waals surface area (Å²) in [4.78, 5) is 11.1. The Kier molecular flexibility index (Phi) is 1.63. The first-order valence-corrected chi connectivity index (χ1v) is 4.49. The highest BCUT2D eigenvalue weighted by Gasteiger charge is 2.42. The van der Waals surface area contributed by atoms with Crippen LogP contribution in [0.25, 0.3) is 0 Å². The number of rotatable bonds is 0. The van der Waals surface area contributed by atoms with Gasteiger partial charge in [0.2, 0.25) is 0 Å². The van der Waals surface area contributed by atoms with E-state index >= 15 is 0 Å². The van der Waals surface area contributed by atoms with Crippen molar-refractivity contribution in [1.29, 1.82) is 0 Å². The molecule has 0 bridgehead atoms. The SMILES string of the molecule is C[C@@H]1C(=O)O[C@H]2CCCC[C@H]21. The fourth-order valence-corrected chi connectivity index (χ4v) is 2.28. The molecule has 2 nitrogen and oxygen atoms in total. The standard InChI is InChI=1S/C9H14O2/c1-6-7-4-2-3-5-8(7)11-9(6)10/h6-8H,2-5H2,1H3/t6-,7-,8-/m0/s1. The van der Waals surface area contributed by atoms with Gasteiger partial charge in [0.05, 0.1) is 5.92 Å². The predicted octanol–water partition coefficient (Wildman–Crippen LogP) is 1.74. The molecule has 62 valence electrons. The van der Waals surface area contributed by atoms with E-state index in [0.29, 0.717) is 5.92 Å². The summed E-state index contributed by atoms with van der Waals surface area (Å²) in [5.74, 6) is 0.735. The van der Waals surface area contributed by atoms with Gasteiger partial charge in [-0.3, -0.25) is 4.79 Å². The Balaban J connectivity index is 2.11. The van der Waals surface area contributed by atoms with Crippen LogP contribution in [0.4, 0.5) is 0 Å². The van der Waals surface area contributed by atoms with Gasteiger partial charge in [0.15, 0.2) is 0 Å². The van der Waals surface area contributed by atoms with Crippen molar-refractivity contribution in [2.75, 3.05) is 0 Å². The average molecular weight is 154 g/mol. The molecule has 2 fully saturated rings. The van der Waals surface area contributed by atoms with Crippen molar-refractivity contribution in [3.8, 4) is 0 Å². The number of carbonyl (C=O) groups is 1. The smallest absolute Gasteiger partial charge is 0.309 e. The van der Waals surface area contributed by atoms with E-state index in [0.717, 1.165) is 6.42 Å². The molecule has 1 aliphatic heterocycles. The van der Waals surface area contributed by atoms with Gasteiger partial charge < -0.3 is 4.74 Å². The quantitative estimate of drug-likeness (QED) is 0.497. The van der Waals surface area contributed by atoms with Crippen LogP contribution in [-0.4, -0.2) is 12.1 Å². The average Bonchev–Trinajstić information content (AvgIpc) is 2.30. The van der Waals surface area contributed by atoms with Crippen LogP contribution in [0.1, 0.15) is 32.6 Å². The summed E-state index contributed by atoms with van der Waals surface area (Å²) in [5.41, 5.74) is 0. The number of esters is 1. The second-order valence-corrected chi connectivity index (χ2v) is 3.71. The van der Waals surface area contributed by atoms with E-state index < -0.39 is 0 Å². The molecule has 3 atom stereocenters. The zero-order valence-corrected chi connectivity index (χ0v) is 6.88. The lowest BCUT2D eigenvalue weighted by Gasteiger charge is -2.23. The molecule has 0 aromatic carbocycles. The van der Waals surface area contributed by atoms with Crippen molar-refractivity contribution in [1.82, 2.24) is 0 Å². The Morgan fingerprint density at radius 1 is 1.36 bits per heavy atom. The predicted molar refractivity (Wildman–Crippen MR) is 41.0 cm³/mol. The van der Waals surface area contributed by atoms with E-state index in [1.165, 1.54) is 19.3 Å². The van der Waals surface area contributed by atoms with Gasteiger partial charge in [-0.05, 0) is 19.3 Å². The molecule has 1 saturated heterocycles. The van der Waals surface area contributed by atoms with Crippen molar-refractivity contribution >= 4 is 5.97 Å². The van der Waals surface area contributed by atoms with Crippen molar-refractivity contribution in [2.24, 2.45) is 11.8 Å². The molecule has 1 saturated carbocycles. The van der Waals surface area contributed by atoms with Crippen molar-refractivity contribution < 1.29 is 9.53 Å². The number of hydrogen-bond donors (Lipinski definition) is 0. The minimum absolute atomic E-state index is 0.0295. The summed E-state index contributed by atoms with van der Waals surface area (Å²) in [6.45, 7) is 2.00. The first kappa shape index (κ1) is 7.14. The van der Waals surface area contributed by atoms with E-state index in [9.17, 15) is 4.79 Å². The van der Waals surface area contributed by atoms with Crippen molar-refractivity contribution in [3.05, 3.63) is 0 Å². The topological polar surface area (TPSA) is 26.3 Å². The van der Waals surface area contributed by atoms with Gasteiger partial charge in [-0.1, -0.05) is 13.3 Å². The Bertz CT molecular complexity index is 176. The Labute approximate surface area is 66.9 Å². The molecular weight excluding hydrogens is 140 g/mol. The van der Waals surface area contributed by atoms with Crippen LogP contribution in [0.5, 0.6) is 0 Å². The van der Waals surface area contributed by atoms with E-state index in [1.807, 2.05) is 6.92 Å². The monoisotopic (exact) mass is 154 g/mol. The molecule has 0 aromatic heterocycles. The Hall–Kier alpha value is -0.530. The highest BCUT2D eigenvalue weighted by Crippen LogP contribution is 2.38. The highest BCUT2D eigenvalue weighted by atomic mass is 16.6. The van der Waals surface area contributed by atoms with Crippen LogP contribution < -0.4 is 0 Å². The number of fused-ring (bicyclic) bond motifs is 1. The fraction of sp³-hybridized carbons (Fsp3) is 0.889. The first-order valence-electron chi connectivity index (χ1n) is 4.49. The van der Waals surface area contributed by atoms with Crippen LogP contribution in [0.3, 0.4) is 0 Å². The van der Waals surface area contributed by atoms with Crippen molar-refractivity contribution in [3.63, 3.8) is 0 Å². The van der Waals surface area contributed by atoms with Crippen LogP contribution in [0.2, 0.25) is 0 Å². The third-order valence-electron chi connectivity index (χ3n) is 3.04. The third kappa shape index (κ3) is 1.05. The van der Waals surface area contributed by atoms with Gasteiger partial charge in [0.1, 0.15) is 6.10 Å². The molecular formula is C9H14O2. The second kappa shape index (κ2) is 2.50. The Morgan fingerprint density at radius 2 is 2.09 bits per heavy atom. The number of hydrogen-bond acceptors (Lipinski definition) is 2. The third-order valence-corrected chi connectivity index (χ3v) is 3.04. The molecule has 0 amide bonds. The lowest BCUT2D eigenvalue weighted by Crippen LogP contribution is -2.23. The van der Waals surface area contributed by atoms with Crippen LogP contribution in [0.15, 0.2) is 0 Å². The van der Waals surface area contributed by atoms with Gasteiger partial charge >= 0.3 is 5.97 Å². The molecule has 0 aromatic rings. The van der Waals surface area contributed by atoms with E-state index in [4.69, 9.17) is 4.74 Å². The fourth-order valence-electron chi connectivity index (χ4n) is 2.28. The maximum absolute atomic E-state index is 11.1. The van der Waals surface area contributed by atoms with Gasteiger partial charge in [0.25, 0.3) is 0 Å². The summed E-state index contributed by atoms with van der Waals surface area (Å²) in [6.07, 6.45) is 5.08. The van der Waals surface area contributed by atoms with Crippen LogP contribution in [-0.2, 0) is 9.53 Å². The molecule has 0 unspecified atom stereocenters. The summed E-state index contributed by atoms with van der Waals surface area (Å²) in [6, 6.07) is 0. The van der Waals surface area contributed by atoms with Gasteiger partial charge in [0, 0.05) is 5.92 Å². The molecule has 1 aliphatic carbocycles. The second-order valence-electron chi connectivity index (χ2n) is 3.71. The van der Waals surface area contributed by atoms with Gasteiger partial charge in [-0.2, -0.15) is 0 Å². The number of ether oxygens (including phenoxy) is 1. The molecule has 2 rings (SSSR count). The van der Waals surface area contributed by atoms with Crippen LogP contribution >= 0.6 is 0 Å². The maximum atomic E-state index is 11.1. The maximum Gasteiger partial charge on any atom is 0.309 e. The largest absolute Gasteiger partial charge is 0.462 e. The Morgan fingerprint density at radius 3 is 2.82 bits per heavy atom. The van der Waals surface area contributed by atoms with E-state index in [1.54, 1.807) is 0 Å². The normalized spacial score (nSPS) is 43.4. The molecule has 11 heavy (non-hydrogen) atoms. The van der Waals surface area contributed by atoms with E-state index in [2.05, 4.69) is 0 Å². The van der Waals surface area contributed by atoms with Crippen LogP contribution in [0, 0.1) is 11.8 Å². The van der Waals surface area contributed by atoms with E-state index in [-0.39, 0.29) is 18.0 Å². The molecule has 0 radical (unpaired) electrons. The molecule has 2 heteroatoms. The summed E-state index contributed by atoms with van der Waals surface area (Å²) < 4.78 is 5.24. The lowest BCUT2D eigenvalue weighted by atomic mass is 9.81.